The van der Waals surface area contributed by atoms with Gasteiger partial charge in [-0.3, -0.25) is 9.59 Å². The van der Waals surface area contributed by atoms with Crippen LogP contribution in [0.15, 0.2) is 48.5 Å². The van der Waals surface area contributed by atoms with E-state index >= 15 is 0 Å². The van der Waals surface area contributed by atoms with Crippen LogP contribution < -0.4 is 10.6 Å². The average Bonchev–Trinajstić information content (AvgIpc) is 2.85. The maximum Gasteiger partial charge on any atom is 0.253 e. The third-order valence-electron chi connectivity index (χ3n) is 7.02. The summed E-state index contributed by atoms with van der Waals surface area (Å²) < 4.78 is 27.3. The minimum absolute atomic E-state index is 0.0327. The van der Waals surface area contributed by atoms with E-state index < -0.39 is 10.0 Å². The molecule has 1 saturated carbocycles. The molecule has 1 aliphatic carbocycles. The second-order valence-electron chi connectivity index (χ2n) is 9.76. The first-order chi connectivity index (χ1) is 16.8. The highest BCUT2D eigenvalue weighted by molar-refractivity contribution is 7.88. The molecule has 0 radical (unpaired) electrons. The van der Waals surface area contributed by atoms with E-state index in [4.69, 9.17) is 0 Å². The summed E-state index contributed by atoms with van der Waals surface area (Å²) in [6, 6.07) is 14.8. The number of amides is 2. The first-order valence-electron chi connectivity index (χ1n) is 12.6. The average molecular weight is 498 g/mol. The Bertz CT molecular complexity index is 1150. The fourth-order valence-corrected chi connectivity index (χ4v) is 6.59. The predicted octanol–water partition coefficient (Wildman–Crippen LogP) is 4.24. The summed E-state index contributed by atoms with van der Waals surface area (Å²) in [5.74, 6) is -0.659. The van der Waals surface area contributed by atoms with Crippen LogP contribution in [0, 0.1) is 12.8 Å². The lowest BCUT2D eigenvalue weighted by atomic mass is 9.95. The second-order valence-corrected chi connectivity index (χ2v) is 11.7. The van der Waals surface area contributed by atoms with Crippen LogP contribution in [0.4, 0.5) is 5.69 Å². The summed E-state index contributed by atoms with van der Waals surface area (Å²) >= 11 is 0. The van der Waals surface area contributed by atoms with Gasteiger partial charge in [-0.25, -0.2) is 12.7 Å². The Kier molecular flexibility index (Phi) is 8.23. The molecule has 7 nitrogen and oxygen atoms in total. The van der Waals surface area contributed by atoms with Gasteiger partial charge in [0.15, 0.2) is 0 Å². The predicted molar refractivity (Wildman–Crippen MR) is 138 cm³/mol. The van der Waals surface area contributed by atoms with Gasteiger partial charge in [0.25, 0.3) is 5.91 Å². The largest absolute Gasteiger partial charge is 0.349 e. The van der Waals surface area contributed by atoms with E-state index in [2.05, 4.69) is 10.6 Å². The zero-order chi connectivity index (χ0) is 24.8. The molecule has 0 unspecified atom stereocenters. The van der Waals surface area contributed by atoms with Crippen LogP contribution >= 0.6 is 0 Å². The third-order valence-corrected chi connectivity index (χ3v) is 8.87. The molecular weight excluding hydrogens is 462 g/mol. The molecule has 35 heavy (non-hydrogen) atoms. The lowest BCUT2D eigenvalue weighted by molar-refractivity contribution is -0.120. The van der Waals surface area contributed by atoms with Crippen molar-refractivity contribution in [3.63, 3.8) is 0 Å². The van der Waals surface area contributed by atoms with Gasteiger partial charge in [-0.1, -0.05) is 61.2 Å². The van der Waals surface area contributed by atoms with Crippen LogP contribution in [0.25, 0.3) is 0 Å². The Morgan fingerprint density at radius 3 is 2.37 bits per heavy atom. The second kappa shape index (κ2) is 11.4. The fraction of sp³-hybridized carbons (Fsp3) is 0.481. The molecule has 188 valence electrons. The van der Waals surface area contributed by atoms with Crippen LogP contribution in [0.2, 0.25) is 0 Å². The van der Waals surface area contributed by atoms with Gasteiger partial charge in [-0.2, -0.15) is 0 Å². The van der Waals surface area contributed by atoms with Crippen molar-refractivity contribution < 1.29 is 18.0 Å². The fourth-order valence-electron chi connectivity index (χ4n) is 5.03. The summed E-state index contributed by atoms with van der Waals surface area (Å²) in [6.45, 7) is 2.57. The van der Waals surface area contributed by atoms with Crippen molar-refractivity contribution in [2.45, 2.75) is 63.7 Å². The number of carbonyl (C=O) groups is 2. The van der Waals surface area contributed by atoms with Gasteiger partial charge < -0.3 is 10.6 Å². The molecule has 2 aromatic rings. The topological polar surface area (TPSA) is 95.6 Å². The number of benzene rings is 2. The molecule has 2 fully saturated rings. The summed E-state index contributed by atoms with van der Waals surface area (Å²) in [4.78, 5) is 25.9. The lowest BCUT2D eigenvalue weighted by Gasteiger charge is -2.30. The number of carbonyl (C=O) groups excluding carboxylic acids is 2. The van der Waals surface area contributed by atoms with E-state index in [1.807, 2.05) is 31.2 Å². The molecule has 2 aromatic carbocycles. The first kappa shape index (κ1) is 25.4. The Balaban J connectivity index is 1.33. The van der Waals surface area contributed by atoms with E-state index in [1.165, 1.54) is 10.7 Å². The van der Waals surface area contributed by atoms with E-state index in [9.17, 15) is 18.0 Å². The summed E-state index contributed by atoms with van der Waals surface area (Å²) in [6.07, 6.45) is 6.36. The van der Waals surface area contributed by atoms with Crippen molar-refractivity contribution >= 4 is 27.5 Å². The molecule has 0 bridgehead atoms. The smallest absolute Gasteiger partial charge is 0.253 e. The molecule has 2 N–H and O–H groups in total. The maximum atomic E-state index is 13.0. The molecule has 1 heterocycles. The van der Waals surface area contributed by atoms with Crippen molar-refractivity contribution in [2.75, 3.05) is 18.4 Å². The number of piperidine rings is 1. The zero-order valence-corrected chi connectivity index (χ0v) is 21.1. The van der Waals surface area contributed by atoms with Gasteiger partial charge in [0.2, 0.25) is 15.9 Å². The van der Waals surface area contributed by atoms with Gasteiger partial charge in [0.1, 0.15) is 0 Å². The number of anilines is 1. The van der Waals surface area contributed by atoms with E-state index in [1.54, 1.807) is 24.3 Å². The zero-order valence-electron chi connectivity index (χ0n) is 20.3. The molecule has 8 heteroatoms. The van der Waals surface area contributed by atoms with Crippen molar-refractivity contribution in [1.82, 2.24) is 9.62 Å². The molecule has 2 aliphatic rings. The van der Waals surface area contributed by atoms with Gasteiger partial charge >= 0.3 is 0 Å². The summed E-state index contributed by atoms with van der Waals surface area (Å²) in [5, 5.41) is 6.04. The Morgan fingerprint density at radius 1 is 0.943 bits per heavy atom. The highest BCUT2D eigenvalue weighted by atomic mass is 32.2. The van der Waals surface area contributed by atoms with Crippen LogP contribution in [-0.2, 0) is 20.6 Å². The first-order valence-corrected chi connectivity index (χ1v) is 14.2. The number of rotatable bonds is 7. The quantitative estimate of drug-likeness (QED) is 0.598. The number of aryl methyl sites for hydroxylation is 1. The molecular formula is C27H35N3O4S. The van der Waals surface area contributed by atoms with Crippen LogP contribution in [0.1, 0.15) is 66.4 Å². The van der Waals surface area contributed by atoms with Crippen molar-refractivity contribution in [1.29, 1.82) is 0 Å². The Labute approximate surface area is 208 Å². The highest BCUT2D eigenvalue weighted by Gasteiger charge is 2.31. The number of para-hydroxylation sites is 1. The minimum Gasteiger partial charge on any atom is -0.349 e. The summed E-state index contributed by atoms with van der Waals surface area (Å²) in [5.41, 5.74) is 2.76. The number of nitrogens with zero attached hydrogens (tertiary/aromatic N) is 1. The molecule has 2 amide bonds. The van der Waals surface area contributed by atoms with Gasteiger partial charge in [-0.15, -0.1) is 0 Å². The van der Waals surface area contributed by atoms with Crippen molar-refractivity contribution in [3.05, 3.63) is 65.2 Å². The van der Waals surface area contributed by atoms with E-state index in [0.29, 0.717) is 37.2 Å². The molecule has 0 spiro atoms. The number of sulfonamides is 1. The monoisotopic (exact) mass is 497 g/mol. The molecule has 1 aliphatic heterocycles. The van der Waals surface area contributed by atoms with E-state index in [-0.39, 0.29) is 29.5 Å². The SMILES string of the molecule is Cc1cccc(CS(=O)(=O)N2CCC(C(=O)Nc3ccccc3C(=O)NC3CCCCC3)CC2)c1. The van der Waals surface area contributed by atoms with Crippen molar-refractivity contribution in [2.24, 2.45) is 5.92 Å². The van der Waals surface area contributed by atoms with E-state index in [0.717, 1.165) is 36.8 Å². The Morgan fingerprint density at radius 2 is 1.66 bits per heavy atom. The number of hydrogen-bond donors (Lipinski definition) is 2. The normalized spacial score (nSPS) is 18.2. The Hall–Kier alpha value is -2.71. The minimum atomic E-state index is -3.44. The van der Waals surface area contributed by atoms with Crippen molar-refractivity contribution in [3.8, 4) is 0 Å². The maximum absolute atomic E-state index is 13.0. The number of nitrogens with one attached hydrogen (secondary N) is 2. The molecule has 0 aromatic heterocycles. The van der Waals surface area contributed by atoms with Crippen LogP contribution in [0.5, 0.6) is 0 Å². The van der Waals surface area contributed by atoms with Gasteiger partial charge in [0, 0.05) is 25.0 Å². The highest BCUT2D eigenvalue weighted by Crippen LogP contribution is 2.25. The third kappa shape index (κ3) is 6.70. The number of hydrogen-bond acceptors (Lipinski definition) is 4. The van der Waals surface area contributed by atoms with Gasteiger partial charge in [0.05, 0.1) is 17.0 Å². The standard InChI is InChI=1S/C27H35N3O4S/c1-20-8-7-9-21(18-20)19-35(33,34)30-16-14-22(15-17-30)26(31)29-25-13-6-5-12-24(25)27(32)28-23-10-3-2-4-11-23/h5-9,12-13,18,22-23H,2-4,10-11,14-17,19H2,1H3,(H,28,32)(H,29,31). The molecule has 0 atom stereocenters. The van der Waals surface area contributed by atoms with Gasteiger partial charge in [-0.05, 0) is 50.3 Å². The van der Waals surface area contributed by atoms with Crippen LogP contribution in [-0.4, -0.2) is 43.7 Å². The summed E-state index contributed by atoms with van der Waals surface area (Å²) in [7, 11) is -3.44. The molecule has 1 saturated heterocycles. The van der Waals surface area contributed by atoms with Crippen LogP contribution in [0.3, 0.4) is 0 Å². The molecule has 4 rings (SSSR count). The lowest BCUT2D eigenvalue weighted by Crippen LogP contribution is -2.42.